The van der Waals surface area contributed by atoms with E-state index in [1.165, 1.54) is 18.2 Å². The predicted octanol–water partition coefficient (Wildman–Crippen LogP) is 4.80. The van der Waals surface area contributed by atoms with Crippen LogP contribution < -0.4 is 0 Å². The molecule has 0 radical (unpaired) electrons. The highest BCUT2D eigenvalue weighted by Gasteiger charge is 2.25. The summed E-state index contributed by atoms with van der Waals surface area (Å²) in [4.78, 5) is 19.5. The third-order valence-corrected chi connectivity index (χ3v) is 6.13. The highest BCUT2D eigenvalue weighted by molar-refractivity contribution is 7.99. The van der Waals surface area contributed by atoms with E-state index < -0.39 is 0 Å². The van der Waals surface area contributed by atoms with E-state index in [1.54, 1.807) is 0 Å². The zero-order valence-electron chi connectivity index (χ0n) is 17.4. The first-order valence-corrected chi connectivity index (χ1v) is 11.3. The van der Waals surface area contributed by atoms with Crippen molar-refractivity contribution in [3.05, 3.63) is 60.7 Å². The van der Waals surface area contributed by atoms with Crippen LogP contribution in [-0.2, 0) is 4.79 Å². The second-order valence-electron chi connectivity index (χ2n) is 8.06. The van der Waals surface area contributed by atoms with Gasteiger partial charge in [-0.3, -0.25) is 4.79 Å². The van der Waals surface area contributed by atoms with Crippen molar-refractivity contribution in [3.63, 3.8) is 0 Å². The quantitative estimate of drug-likeness (QED) is 0.557. The van der Waals surface area contributed by atoms with Crippen LogP contribution in [0.5, 0.6) is 0 Å². The van der Waals surface area contributed by atoms with Crippen LogP contribution in [0.15, 0.2) is 65.8 Å². The molecule has 1 aromatic heterocycles. The molecule has 154 valence electrons. The van der Waals surface area contributed by atoms with Gasteiger partial charge in [-0.1, -0.05) is 86.3 Å². The van der Waals surface area contributed by atoms with Crippen molar-refractivity contribution in [2.24, 2.45) is 11.8 Å². The van der Waals surface area contributed by atoms with Gasteiger partial charge < -0.3 is 4.90 Å². The van der Waals surface area contributed by atoms with E-state index in [9.17, 15) is 4.79 Å². The summed E-state index contributed by atoms with van der Waals surface area (Å²) in [6.45, 7) is 6.10. The Morgan fingerprint density at radius 1 is 0.900 bits per heavy atom. The van der Waals surface area contributed by atoms with E-state index in [0.29, 0.717) is 22.7 Å². The van der Waals surface area contributed by atoms with Crippen molar-refractivity contribution in [2.45, 2.75) is 25.4 Å². The zero-order valence-corrected chi connectivity index (χ0v) is 18.2. The van der Waals surface area contributed by atoms with Crippen molar-refractivity contribution in [3.8, 4) is 22.5 Å². The third kappa shape index (κ3) is 4.87. The monoisotopic (exact) mass is 418 g/mol. The standard InChI is InChI=1S/C24H26N4OS/c1-17-13-18(2)15-28(14-17)21(29)16-30-24-25-22(19-9-5-3-6-10-19)23(26-27-24)20-11-7-4-8-12-20/h3-12,17-18H,13-16H2,1-2H3/t17-,18-/m0/s1. The van der Waals surface area contributed by atoms with Gasteiger partial charge >= 0.3 is 0 Å². The second kappa shape index (κ2) is 9.39. The lowest BCUT2D eigenvalue weighted by Crippen LogP contribution is -2.43. The average molecular weight is 419 g/mol. The molecule has 5 nitrogen and oxygen atoms in total. The molecule has 0 spiro atoms. The maximum Gasteiger partial charge on any atom is 0.233 e. The second-order valence-corrected chi connectivity index (χ2v) is 9.00. The smallest absolute Gasteiger partial charge is 0.233 e. The molecule has 0 bridgehead atoms. The fraction of sp³-hybridized carbons (Fsp3) is 0.333. The van der Waals surface area contributed by atoms with Gasteiger partial charge in [0.15, 0.2) is 0 Å². The molecule has 2 aromatic carbocycles. The number of amides is 1. The van der Waals surface area contributed by atoms with Gasteiger partial charge in [-0.2, -0.15) is 0 Å². The fourth-order valence-corrected chi connectivity index (χ4v) is 4.73. The fourth-order valence-electron chi connectivity index (χ4n) is 4.04. The van der Waals surface area contributed by atoms with Gasteiger partial charge in [-0.05, 0) is 18.3 Å². The van der Waals surface area contributed by atoms with Crippen LogP contribution in [0.1, 0.15) is 20.3 Å². The lowest BCUT2D eigenvalue weighted by atomic mass is 9.92. The number of hydrogen-bond acceptors (Lipinski definition) is 5. The van der Waals surface area contributed by atoms with E-state index in [0.717, 1.165) is 35.6 Å². The van der Waals surface area contributed by atoms with Gasteiger partial charge in [-0.15, -0.1) is 10.2 Å². The number of nitrogens with zero attached hydrogens (tertiary/aromatic N) is 4. The van der Waals surface area contributed by atoms with Crippen molar-refractivity contribution >= 4 is 17.7 Å². The molecule has 0 N–H and O–H groups in total. The minimum atomic E-state index is 0.149. The molecule has 1 aliphatic rings. The van der Waals surface area contributed by atoms with Crippen LogP contribution >= 0.6 is 11.8 Å². The molecule has 1 saturated heterocycles. The van der Waals surface area contributed by atoms with Crippen LogP contribution in [0.25, 0.3) is 22.5 Å². The molecule has 6 heteroatoms. The topological polar surface area (TPSA) is 59.0 Å². The molecular weight excluding hydrogens is 392 g/mol. The number of piperidine rings is 1. The van der Waals surface area contributed by atoms with Crippen molar-refractivity contribution in [1.82, 2.24) is 20.1 Å². The number of likely N-dealkylation sites (tertiary alicyclic amines) is 1. The summed E-state index contributed by atoms with van der Waals surface area (Å²) in [6, 6.07) is 19.9. The van der Waals surface area contributed by atoms with Crippen molar-refractivity contribution in [1.29, 1.82) is 0 Å². The van der Waals surface area contributed by atoms with Crippen LogP contribution in [0, 0.1) is 11.8 Å². The first-order chi connectivity index (χ1) is 14.6. The summed E-state index contributed by atoms with van der Waals surface area (Å²) >= 11 is 1.36. The van der Waals surface area contributed by atoms with Gasteiger partial charge in [0.2, 0.25) is 11.1 Å². The number of rotatable bonds is 5. The number of carbonyl (C=O) groups is 1. The largest absolute Gasteiger partial charge is 0.341 e. The number of thioether (sulfide) groups is 1. The molecule has 3 aromatic rings. The maximum atomic E-state index is 12.7. The number of benzene rings is 2. The average Bonchev–Trinajstić information content (AvgIpc) is 2.78. The molecule has 0 unspecified atom stereocenters. The van der Waals surface area contributed by atoms with Gasteiger partial charge in [0, 0.05) is 24.2 Å². The molecule has 1 aliphatic heterocycles. The minimum Gasteiger partial charge on any atom is -0.341 e. The highest BCUT2D eigenvalue weighted by atomic mass is 32.2. The Balaban J connectivity index is 1.55. The highest BCUT2D eigenvalue weighted by Crippen LogP contribution is 2.30. The van der Waals surface area contributed by atoms with Gasteiger partial charge in [0.05, 0.1) is 5.75 Å². The van der Waals surface area contributed by atoms with E-state index in [-0.39, 0.29) is 5.91 Å². The zero-order chi connectivity index (χ0) is 20.9. The first-order valence-electron chi connectivity index (χ1n) is 10.4. The van der Waals surface area contributed by atoms with E-state index in [1.807, 2.05) is 65.6 Å². The minimum absolute atomic E-state index is 0.149. The van der Waals surface area contributed by atoms with E-state index >= 15 is 0 Å². The number of hydrogen-bond donors (Lipinski definition) is 0. The third-order valence-electron chi connectivity index (χ3n) is 5.31. The van der Waals surface area contributed by atoms with Gasteiger partial charge in [-0.25, -0.2) is 4.98 Å². The Morgan fingerprint density at radius 3 is 2.07 bits per heavy atom. The summed E-state index contributed by atoms with van der Waals surface area (Å²) in [6.07, 6.45) is 1.19. The molecule has 1 amide bonds. The number of carbonyl (C=O) groups excluding carboxylic acids is 1. The first kappa shape index (κ1) is 20.5. The Morgan fingerprint density at radius 2 is 1.47 bits per heavy atom. The van der Waals surface area contributed by atoms with E-state index in [2.05, 4.69) is 24.0 Å². The Kier molecular flexibility index (Phi) is 6.43. The lowest BCUT2D eigenvalue weighted by molar-refractivity contribution is -0.130. The summed E-state index contributed by atoms with van der Waals surface area (Å²) in [5.74, 6) is 1.58. The molecular formula is C24H26N4OS. The summed E-state index contributed by atoms with van der Waals surface area (Å²) < 4.78 is 0. The molecule has 4 rings (SSSR count). The Bertz CT molecular complexity index is 987. The molecule has 0 aliphatic carbocycles. The normalized spacial score (nSPS) is 18.9. The van der Waals surface area contributed by atoms with Crippen molar-refractivity contribution in [2.75, 3.05) is 18.8 Å². The molecule has 1 fully saturated rings. The molecule has 30 heavy (non-hydrogen) atoms. The van der Waals surface area contributed by atoms with Crippen LogP contribution in [-0.4, -0.2) is 44.8 Å². The Labute approximate surface area is 181 Å². The maximum absolute atomic E-state index is 12.7. The van der Waals surface area contributed by atoms with Gasteiger partial charge in [0.25, 0.3) is 0 Å². The summed E-state index contributed by atoms with van der Waals surface area (Å²) in [5.41, 5.74) is 3.49. The summed E-state index contributed by atoms with van der Waals surface area (Å²) in [5, 5.41) is 9.33. The van der Waals surface area contributed by atoms with Crippen LogP contribution in [0.3, 0.4) is 0 Å². The molecule has 2 atom stereocenters. The van der Waals surface area contributed by atoms with E-state index in [4.69, 9.17) is 4.98 Å². The van der Waals surface area contributed by atoms with Crippen LogP contribution in [0.4, 0.5) is 0 Å². The summed E-state index contributed by atoms with van der Waals surface area (Å²) in [7, 11) is 0. The number of aromatic nitrogens is 3. The van der Waals surface area contributed by atoms with Crippen molar-refractivity contribution < 1.29 is 4.79 Å². The predicted molar refractivity (Wildman–Crippen MR) is 121 cm³/mol. The SMILES string of the molecule is C[C@H]1C[C@H](C)CN(C(=O)CSc2nnc(-c3ccccc3)c(-c3ccccc3)n2)C1. The Hall–Kier alpha value is -2.73. The van der Waals surface area contributed by atoms with Gasteiger partial charge in [0.1, 0.15) is 11.4 Å². The lowest BCUT2D eigenvalue weighted by Gasteiger charge is -2.34. The molecule has 2 heterocycles. The molecule has 0 saturated carbocycles. The van der Waals surface area contributed by atoms with Crippen LogP contribution in [0.2, 0.25) is 0 Å².